The van der Waals surface area contributed by atoms with Gasteiger partial charge in [-0.3, -0.25) is 9.36 Å². The number of amides is 1. The number of aromatic nitrogens is 3. The Morgan fingerprint density at radius 2 is 1.73 bits per heavy atom. The van der Waals surface area contributed by atoms with Crippen LogP contribution in [-0.4, -0.2) is 32.5 Å². The third-order valence-electron chi connectivity index (χ3n) is 6.07. The summed E-state index contributed by atoms with van der Waals surface area (Å²) >= 11 is 1.43. The van der Waals surface area contributed by atoms with Crippen LogP contribution in [0.3, 0.4) is 0 Å². The van der Waals surface area contributed by atoms with E-state index in [2.05, 4.69) is 29.4 Å². The molecule has 1 aliphatic rings. The largest absolute Gasteiger partial charge is 0.352 e. The molecule has 1 saturated carbocycles. The molecule has 0 aliphatic heterocycles. The number of nitrogens with zero attached hydrogens (tertiary/aromatic N) is 3. The maximum Gasteiger partial charge on any atom is 0.230 e. The number of benzene rings is 2. The lowest BCUT2D eigenvalue weighted by molar-refractivity contribution is -0.120. The van der Waals surface area contributed by atoms with Crippen LogP contribution in [0.2, 0.25) is 0 Å². The minimum Gasteiger partial charge on any atom is -0.352 e. The summed E-state index contributed by atoms with van der Waals surface area (Å²) in [5.74, 6) is 2.35. The summed E-state index contributed by atoms with van der Waals surface area (Å²) in [5.41, 5.74) is 1.98. The van der Waals surface area contributed by atoms with Crippen molar-refractivity contribution in [3.05, 3.63) is 60.7 Å². The maximum atomic E-state index is 12.7. The molecule has 30 heavy (non-hydrogen) atoms. The third-order valence-corrected chi connectivity index (χ3v) is 6.99. The Bertz CT molecular complexity index is 973. The zero-order chi connectivity index (χ0) is 20.9. The Hall–Kier alpha value is -2.60. The first-order chi connectivity index (χ1) is 14.6. The molecule has 0 saturated heterocycles. The Balaban J connectivity index is 1.52. The van der Waals surface area contributed by atoms with Crippen molar-refractivity contribution >= 4 is 17.7 Å². The molecule has 3 atom stereocenters. The second kappa shape index (κ2) is 9.47. The van der Waals surface area contributed by atoms with Gasteiger partial charge in [0.05, 0.1) is 5.75 Å². The number of thioether (sulfide) groups is 1. The van der Waals surface area contributed by atoms with Gasteiger partial charge in [-0.05, 0) is 30.4 Å². The highest BCUT2D eigenvalue weighted by molar-refractivity contribution is 7.99. The smallest absolute Gasteiger partial charge is 0.230 e. The van der Waals surface area contributed by atoms with E-state index in [9.17, 15) is 4.79 Å². The number of hydrogen-bond acceptors (Lipinski definition) is 4. The van der Waals surface area contributed by atoms with Crippen LogP contribution in [0.15, 0.2) is 65.8 Å². The number of rotatable bonds is 6. The van der Waals surface area contributed by atoms with Gasteiger partial charge >= 0.3 is 0 Å². The summed E-state index contributed by atoms with van der Waals surface area (Å²) in [5, 5.41) is 12.8. The standard InChI is InChI=1S/C24H28N4OS/c1-17-10-9-15-21(18(17)2)25-22(29)16-30-24-27-26-23(19-11-5-3-6-12-19)28(24)20-13-7-4-8-14-20/h3-8,11-14,17-18,21H,9-10,15-16H2,1-2H3,(H,25,29)/t17-,18-,21-/m1/s1. The van der Waals surface area contributed by atoms with E-state index >= 15 is 0 Å². The Labute approximate surface area is 182 Å². The molecule has 4 rings (SSSR count). The first-order valence-electron chi connectivity index (χ1n) is 10.6. The van der Waals surface area contributed by atoms with E-state index in [1.54, 1.807) is 0 Å². The predicted molar refractivity (Wildman–Crippen MR) is 122 cm³/mol. The van der Waals surface area contributed by atoms with Gasteiger partial charge in [-0.2, -0.15) is 0 Å². The number of carbonyl (C=O) groups is 1. The Kier molecular flexibility index (Phi) is 6.53. The Morgan fingerprint density at radius 3 is 2.47 bits per heavy atom. The van der Waals surface area contributed by atoms with Crippen LogP contribution in [0, 0.1) is 11.8 Å². The highest BCUT2D eigenvalue weighted by Gasteiger charge is 2.28. The summed E-state index contributed by atoms with van der Waals surface area (Å²) in [6, 6.07) is 20.3. The molecule has 2 aromatic carbocycles. The monoisotopic (exact) mass is 420 g/mol. The van der Waals surface area contributed by atoms with Crippen LogP contribution in [0.25, 0.3) is 17.1 Å². The lowest BCUT2D eigenvalue weighted by atomic mass is 9.78. The molecule has 1 amide bonds. The van der Waals surface area contributed by atoms with Crippen LogP contribution in [-0.2, 0) is 4.79 Å². The SMILES string of the molecule is C[C@@H]1[C@H](C)CCC[C@H]1NC(=O)CSc1nnc(-c2ccccc2)n1-c1ccccc1. The lowest BCUT2D eigenvalue weighted by Gasteiger charge is -2.34. The molecule has 3 aromatic rings. The normalized spacial score (nSPS) is 21.3. The van der Waals surface area contributed by atoms with Gasteiger partial charge in [0.2, 0.25) is 5.91 Å². The zero-order valence-corrected chi connectivity index (χ0v) is 18.3. The van der Waals surface area contributed by atoms with Crippen molar-refractivity contribution < 1.29 is 4.79 Å². The van der Waals surface area contributed by atoms with Gasteiger partial charge in [0.25, 0.3) is 0 Å². The molecule has 0 unspecified atom stereocenters. The zero-order valence-electron chi connectivity index (χ0n) is 17.5. The third kappa shape index (κ3) is 4.59. The van der Waals surface area contributed by atoms with E-state index in [4.69, 9.17) is 0 Å². The van der Waals surface area contributed by atoms with Crippen molar-refractivity contribution in [2.75, 3.05) is 5.75 Å². The molecular weight excluding hydrogens is 392 g/mol. The molecule has 1 N–H and O–H groups in total. The van der Waals surface area contributed by atoms with Gasteiger partial charge in [-0.1, -0.05) is 87.0 Å². The van der Waals surface area contributed by atoms with Gasteiger partial charge < -0.3 is 5.32 Å². The molecule has 1 fully saturated rings. The van der Waals surface area contributed by atoms with E-state index < -0.39 is 0 Å². The molecule has 0 bridgehead atoms. The van der Waals surface area contributed by atoms with Gasteiger partial charge in [0.15, 0.2) is 11.0 Å². The molecule has 0 spiro atoms. The van der Waals surface area contributed by atoms with Crippen LogP contribution < -0.4 is 5.32 Å². The number of nitrogens with one attached hydrogen (secondary N) is 1. The van der Waals surface area contributed by atoms with Gasteiger partial charge in [0.1, 0.15) is 0 Å². The van der Waals surface area contributed by atoms with E-state index in [-0.39, 0.29) is 11.9 Å². The molecule has 156 valence electrons. The number of carbonyl (C=O) groups excluding carboxylic acids is 1. The molecular formula is C24H28N4OS. The maximum absolute atomic E-state index is 12.7. The first kappa shape index (κ1) is 20.7. The average molecular weight is 421 g/mol. The number of hydrogen-bond donors (Lipinski definition) is 1. The fourth-order valence-electron chi connectivity index (χ4n) is 4.11. The first-order valence-corrected chi connectivity index (χ1v) is 11.6. The highest BCUT2D eigenvalue weighted by atomic mass is 32.2. The van der Waals surface area contributed by atoms with Crippen LogP contribution >= 0.6 is 11.8 Å². The van der Waals surface area contributed by atoms with Gasteiger partial charge in [0, 0.05) is 17.3 Å². The summed E-state index contributed by atoms with van der Waals surface area (Å²) in [6.07, 6.45) is 3.51. The Morgan fingerprint density at radius 1 is 1.03 bits per heavy atom. The predicted octanol–water partition coefficient (Wildman–Crippen LogP) is 4.97. The van der Waals surface area contributed by atoms with Crippen LogP contribution in [0.5, 0.6) is 0 Å². The summed E-state index contributed by atoms with van der Waals surface area (Å²) in [6.45, 7) is 4.53. The van der Waals surface area contributed by atoms with E-state index in [0.29, 0.717) is 17.6 Å². The van der Waals surface area contributed by atoms with E-state index in [1.807, 2.05) is 65.2 Å². The fraction of sp³-hybridized carbons (Fsp3) is 0.375. The molecule has 5 nitrogen and oxygen atoms in total. The quantitative estimate of drug-likeness (QED) is 0.572. The minimum atomic E-state index is 0.0647. The highest BCUT2D eigenvalue weighted by Crippen LogP contribution is 2.30. The van der Waals surface area contributed by atoms with Gasteiger partial charge in [-0.15, -0.1) is 10.2 Å². The molecule has 6 heteroatoms. The molecule has 1 aromatic heterocycles. The molecule has 0 radical (unpaired) electrons. The lowest BCUT2D eigenvalue weighted by Crippen LogP contribution is -2.44. The van der Waals surface area contributed by atoms with Crippen molar-refractivity contribution in [3.8, 4) is 17.1 Å². The van der Waals surface area contributed by atoms with Crippen LogP contribution in [0.1, 0.15) is 33.1 Å². The summed E-state index contributed by atoms with van der Waals surface area (Å²) in [4.78, 5) is 12.7. The topological polar surface area (TPSA) is 59.8 Å². The van der Waals surface area contributed by atoms with Crippen molar-refractivity contribution in [3.63, 3.8) is 0 Å². The average Bonchev–Trinajstić information content (AvgIpc) is 3.21. The second-order valence-electron chi connectivity index (χ2n) is 8.07. The molecule has 1 heterocycles. The number of para-hydroxylation sites is 1. The van der Waals surface area contributed by atoms with E-state index in [0.717, 1.165) is 28.7 Å². The summed E-state index contributed by atoms with van der Waals surface area (Å²) < 4.78 is 2.03. The van der Waals surface area contributed by atoms with E-state index in [1.165, 1.54) is 24.6 Å². The van der Waals surface area contributed by atoms with Crippen molar-refractivity contribution in [1.82, 2.24) is 20.1 Å². The second-order valence-corrected chi connectivity index (χ2v) is 9.02. The minimum absolute atomic E-state index is 0.0647. The van der Waals surface area contributed by atoms with Crippen LogP contribution in [0.4, 0.5) is 0 Å². The van der Waals surface area contributed by atoms with Crippen molar-refractivity contribution in [2.45, 2.75) is 44.3 Å². The molecule has 1 aliphatic carbocycles. The van der Waals surface area contributed by atoms with Gasteiger partial charge in [-0.25, -0.2) is 0 Å². The summed E-state index contributed by atoms with van der Waals surface area (Å²) in [7, 11) is 0. The van der Waals surface area contributed by atoms with Crippen molar-refractivity contribution in [1.29, 1.82) is 0 Å². The fourth-order valence-corrected chi connectivity index (χ4v) is 4.87. The van der Waals surface area contributed by atoms with Crippen molar-refractivity contribution in [2.24, 2.45) is 11.8 Å².